The van der Waals surface area contributed by atoms with Crippen LogP contribution in [0.2, 0.25) is 0 Å². The molecule has 6 rings (SSSR count). The van der Waals surface area contributed by atoms with Crippen LogP contribution in [-0.2, 0) is 21.6 Å². The van der Waals surface area contributed by atoms with Gasteiger partial charge in [0, 0.05) is 44.2 Å². The van der Waals surface area contributed by atoms with Gasteiger partial charge in [0.2, 0.25) is 5.91 Å². The lowest BCUT2D eigenvalue weighted by molar-refractivity contribution is -0.138. The first-order valence-electron chi connectivity index (χ1n) is 12.6. The SMILES string of the molecule is CNC(=O)CCC1(O)C(=O)N(C2CCN(C3Cc4cccc5cccc3c45)CC2)c2ccccc21. The smallest absolute Gasteiger partial charge is 0.263 e. The molecule has 1 fully saturated rings. The van der Waals surface area contributed by atoms with Crippen LogP contribution in [0.15, 0.2) is 60.7 Å². The van der Waals surface area contributed by atoms with Gasteiger partial charge in [-0.15, -0.1) is 0 Å². The lowest BCUT2D eigenvalue weighted by atomic mass is 9.90. The lowest BCUT2D eigenvalue weighted by Gasteiger charge is -2.40. The van der Waals surface area contributed by atoms with Crippen LogP contribution in [0, 0.1) is 0 Å². The highest BCUT2D eigenvalue weighted by Gasteiger charge is 2.51. The van der Waals surface area contributed by atoms with Crippen LogP contribution < -0.4 is 10.2 Å². The second-order valence-corrected chi connectivity index (χ2v) is 10.1. The van der Waals surface area contributed by atoms with Crippen molar-refractivity contribution >= 4 is 28.3 Å². The predicted octanol–water partition coefficient (Wildman–Crippen LogP) is 3.66. The largest absolute Gasteiger partial charge is 0.375 e. The second-order valence-electron chi connectivity index (χ2n) is 10.1. The van der Waals surface area contributed by atoms with E-state index in [0.29, 0.717) is 11.6 Å². The Hall–Kier alpha value is -3.22. The van der Waals surface area contributed by atoms with Crippen LogP contribution in [0.1, 0.15) is 48.4 Å². The number of benzene rings is 3. The zero-order valence-electron chi connectivity index (χ0n) is 20.0. The monoisotopic (exact) mass is 469 g/mol. The number of amides is 2. The molecule has 1 saturated heterocycles. The van der Waals surface area contributed by atoms with Crippen molar-refractivity contribution in [3.05, 3.63) is 77.4 Å². The molecule has 2 N–H and O–H groups in total. The van der Waals surface area contributed by atoms with Crippen molar-refractivity contribution in [2.24, 2.45) is 0 Å². The van der Waals surface area contributed by atoms with Crippen molar-refractivity contribution in [2.75, 3.05) is 25.0 Å². The van der Waals surface area contributed by atoms with Gasteiger partial charge in [-0.3, -0.25) is 14.5 Å². The average molecular weight is 470 g/mol. The molecule has 0 spiro atoms. The highest BCUT2D eigenvalue weighted by molar-refractivity contribution is 6.07. The molecule has 2 amide bonds. The van der Waals surface area contributed by atoms with Crippen LogP contribution in [0.5, 0.6) is 0 Å². The first kappa shape index (κ1) is 22.3. The molecule has 2 heterocycles. The number of hydrogen-bond donors (Lipinski definition) is 2. The maximum atomic E-state index is 13.6. The molecule has 3 aliphatic rings. The Bertz CT molecular complexity index is 1310. The molecule has 35 heavy (non-hydrogen) atoms. The molecule has 6 heteroatoms. The first-order chi connectivity index (χ1) is 17.0. The number of carbonyl (C=O) groups is 2. The van der Waals surface area contributed by atoms with Gasteiger partial charge >= 0.3 is 0 Å². The Morgan fingerprint density at radius 2 is 1.80 bits per heavy atom. The number of rotatable bonds is 5. The lowest BCUT2D eigenvalue weighted by Crippen LogP contribution is -2.50. The average Bonchev–Trinajstić information content (AvgIpc) is 3.38. The van der Waals surface area contributed by atoms with Crippen LogP contribution >= 0.6 is 0 Å². The van der Waals surface area contributed by atoms with E-state index < -0.39 is 5.60 Å². The number of nitrogens with one attached hydrogen (secondary N) is 1. The summed E-state index contributed by atoms with van der Waals surface area (Å²) in [5, 5.41) is 16.8. The Balaban J connectivity index is 1.21. The summed E-state index contributed by atoms with van der Waals surface area (Å²) in [7, 11) is 1.57. The molecule has 2 unspecified atom stereocenters. The van der Waals surface area contributed by atoms with Gasteiger partial charge < -0.3 is 15.3 Å². The van der Waals surface area contributed by atoms with E-state index in [4.69, 9.17) is 0 Å². The van der Waals surface area contributed by atoms with Gasteiger partial charge in [-0.1, -0.05) is 54.6 Å². The molecule has 2 aliphatic heterocycles. The quantitative estimate of drug-likeness (QED) is 0.598. The van der Waals surface area contributed by atoms with Crippen LogP contribution in [0.4, 0.5) is 5.69 Å². The summed E-state index contributed by atoms with van der Waals surface area (Å²) in [5.74, 6) is -0.470. The predicted molar refractivity (Wildman–Crippen MR) is 136 cm³/mol. The Labute approximate surface area is 205 Å². The molecule has 0 bridgehead atoms. The summed E-state index contributed by atoms with van der Waals surface area (Å²) in [6.45, 7) is 1.81. The summed E-state index contributed by atoms with van der Waals surface area (Å²) in [6, 6.07) is 21.1. The zero-order valence-corrected chi connectivity index (χ0v) is 20.0. The summed E-state index contributed by atoms with van der Waals surface area (Å²) in [6.07, 6.45) is 2.93. The van der Waals surface area contributed by atoms with E-state index in [1.165, 1.54) is 21.9 Å². The third-order valence-electron chi connectivity index (χ3n) is 8.27. The number of anilines is 1. The minimum absolute atomic E-state index is 0.0356. The number of para-hydroxylation sites is 1. The molecule has 0 aromatic heterocycles. The number of hydrogen-bond acceptors (Lipinski definition) is 4. The molecule has 3 aromatic carbocycles. The molecule has 3 aromatic rings. The minimum Gasteiger partial charge on any atom is -0.375 e. The van der Waals surface area contributed by atoms with Gasteiger partial charge in [0.15, 0.2) is 5.60 Å². The van der Waals surface area contributed by atoms with Crippen molar-refractivity contribution in [1.29, 1.82) is 0 Å². The zero-order chi connectivity index (χ0) is 24.2. The maximum Gasteiger partial charge on any atom is 0.263 e. The van der Waals surface area contributed by atoms with E-state index in [9.17, 15) is 14.7 Å². The fourth-order valence-electron chi connectivity index (χ4n) is 6.48. The summed E-state index contributed by atoms with van der Waals surface area (Å²) in [4.78, 5) is 29.9. The Kier molecular flexibility index (Phi) is 5.38. The number of aliphatic hydroxyl groups is 1. The van der Waals surface area contributed by atoms with Crippen molar-refractivity contribution < 1.29 is 14.7 Å². The summed E-state index contributed by atoms with van der Waals surface area (Å²) < 4.78 is 0. The highest BCUT2D eigenvalue weighted by Crippen LogP contribution is 2.46. The maximum absolute atomic E-state index is 13.6. The number of fused-ring (bicyclic) bond motifs is 1. The van der Waals surface area contributed by atoms with E-state index in [1.807, 2.05) is 29.2 Å². The number of carbonyl (C=O) groups excluding carboxylic acids is 2. The number of piperidine rings is 1. The van der Waals surface area contributed by atoms with Gasteiger partial charge in [-0.05, 0) is 53.6 Å². The second kappa shape index (κ2) is 8.47. The van der Waals surface area contributed by atoms with Crippen LogP contribution in [0.3, 0.4) is 0 Å². The molecule has 180 valence electrons. The minimum atomic E-state index is -1.65. The fraction of sp³-hybridized carbons (Fsp3) is 0.379. The summed E-state index contributed by atoms with van der Waals surface area (Å²) in [5.41, 5.74) is 2.60. The van der Waals surface area contributed by atoms with E-state index in [1.54, 1.807) is 7.05 Å². The molecule has 6 nitrogen and oxygen atoms in total. The van der Waals surface area contributed by atoms with Crippen molar-refractivity contribution in [3.8, 4) is 0 Å². The van der Waals surface area contributed by atoms with Gasteiger partial charge in [0.25, 0.3) is 5.91 Å². The Morgan fingerprint density at radius 3 is 2.57 bits per heavy atom. The standard InChI is InChI=1S/C29H31N3O3/c1-30-26(33)12-15-29(35)23-10-2-3-11-24(23)32(28(29)34)21-13-16-31(17-14-21)25-18-20-8-4-6-19-7-5-9-22(25)27(19)20/h2-11,21,25,35H,12-18H2,1H3,(H,30,33). The van der Waals surface area contributed by atoms with E-state index in [2.05, 4.69) is 46.6 Å². The fourth-order valence-corrected chi connectivity index (χ4v) is 6.48. The Morgan fingerprint density at radius 1 is 1.06 bits per heavy atom. The molecule has 2 atom stereocenters. The summed E-state index contributed by atoms with van der Waals surface area (Å²) >= 11 is 0. The third kappa shape index (κ3) is 3.46. The van der Waals surface area contributed by atoms with E-state index in [-0.39, 0.29) is 30.7 Å². The normalized spacial score (nSPS) is 24.2. The molecule has 1 aliphatic carbocycles. The highest BCUT2D eigenvalue weighted by atomic mass is 16.3. The van der Waals surface area contributed by atoms with Crippen LogP contribution in [0.25, 0.3) is 10.8 Å². The van der Waals surface area contributed by atoms with Gasteiger partial charge in [0.1, 0.15) is 0 Å². The van der Waals surface area contributed by atoms with Crippen LogP contribution in [-0.4, -0.2) is 48.0 Å². The molecule has 0 saturated carbocycles. The van der Waals surface area contributed by atoms with E-state index >= 15 is 0 Å². The first-order valence-corrected chi connectivity index (χ1v) is 12.6. The van der Waals surface area contributed by atoms with Gasteiger partial charge in [0.05, 0.1) is 5.69 Å². The topological polar surface area (TPSA) is 72.9 Å². The number of nitrogens with zero attached hydrogens (tertiary/aromatic N) is 2. The van der Waals surface area contributed by atoms with Crippen molar-refractivity contribution in [3.63, 3.8) is 0 Å². The van der Waals surface area contributed by atoms with Gasteiger partial charge in [-0.25, -0.2) is 0 Å². The van der Waals surface area contributed by atoms with Gasteiger partial charge in [-0.2, -0.15) is 0 Å². The van der Waals surface area contributed by atoms with E-state index in [0.717, 1.165) is 38.0 Å². The van der Waals surface area contributed by atoms with Crippen molar-refractivity contribution in [2.45, 2.75) is 49.8 Å². The molecular formula is C29H31N3O3. The molecular weight excluding hydrogens is 438 g/mol. The third-order valence-corrected chi connectivity index (χ3v) is 8.27. The van der Waals surface area contributed by atoms with Crippen molar-refractivity contribution in [1.82, 2.24) is 10.2 Å². The number of likely N-dealkylation sites (tertiary alicyclic amines) is 1. The molecule has 0 radical (unpaired) electrons.